The minimum Gasteiger partial charge on any atom is -0.356 e. The summed E-state index contributed by atoms with van der Waals surface area (Å²) in [5, 5.41) is 8.46. The molecule has 0 unspecified atom stereocenters. The summed E-state index contributed by atoms with van der Waals surface area (Å²) >= 11 is 0. The summed E-state index contributed by atoms with van der Waals surface area (Å²) in [7, 11) is 0. The van der Waals surface area contributed by atoms with Crippen LogP contribution in [0, 0.1) is 18.8 Å². The average Bonchev–Trinajstić information content (AvgIpc) is 3.25. The largest absolute Gasteiger partial charge is 0.416 e. The van der Waals surface area contributed by atoms with E-state index < -0.39 is 11.7 Å². The highest BCUT2D eigenvalue weighted by molar-refractivity contribution is 5.42. The van der Waals surface area contributed by atoms with E-state index in [1.807, 2.05) is 17.7 Å². The molecule has 2 fully saturated rings. The zero-order chi connectivity index (χ0) is 24.9. The molecule has 2 aromatic heterocycles. The van der Waals surface area contributed by atoms with Gasteiger partial charge in [-0.1, -0.05) is 18.6 Å². The Morgan fingerprint density at radius 3 is 2.42 bits per heavy atom. The molecular formula is C26H30F3N7. The quantitative estimate of drug-likeness (QED) is 0.545. The second kappa shape index (κ2) is 9.05. The molecule has 6 rings (SSSR count). The third-order valence-electron chi connectivity index (χ3n) is 8.01. The van der Waals surface area contributed by atoms with E-state index in [1.165, 1.54) is 12.1 Å². The zero-order valence-electron chi connectivity index (χ0n) is 20.2. The van der Waals surface area contributed by atoms with Crippen molar-refractivity contribution in [3.63, 3.8) is 0 Å². The number of rotatable bonds is 4. The van der Waals surface area contributed by atoms with Crippen LogP contribution >= 0.6 is 0 Å². The lowest BCUT2D eigenvalue weighted by atomic mass is 9.92. The first kappa shape index (κ1) is 23.2. The predicted molar refractivity (Wildman–Crippen MR) is 130 cm³/mol. The molecule has 36 heavy (non-hydrogen) atoms. The summed E-state index contributed by atoms with van der Waals surface area (Å²) in [6.07, 6.45) is 2.44. The summed E-state index contributed by atoms with van der Waals surface area (Å²) < 4.78 is 41.1. The molecule has 2 aliphatic heterocycles. The number of aromatic nitrogens is 5. The van der Waals surface area contributed by atoms with Crippen LogP contribution in [0.2, 0.25) is 0 Å². The molecule has 4 heterocycles. The van der Waals surface area contributed by atoms with Crippen molar-refractivity contribution in [1.82, 2.24) is 24.7 Å². The molecule has 1 aromatic carbocycles. The van der Waals surface area contributed by atoms with Gasteiger partial charge in [0.1, 0.15) is 18.0 Å². The van der Waals surface area contributed by atoms with Crippen molar-refractivity contribution in [3.05, 3.63) is 59.3 Å². The standard InChI is InChI=1S/C26H30F3N7/c1-16-12-22(31-15-30-16)35-13-18-5-6-19(14-35)23(18)32-25-33-24-21(4-2-3-11-36(24)34-25)17-7-9-20(10-8-17)26(27,28)29/h7-10,12,15,18-19,21,23H,2-6,11,13-14H2,1H3,(H,32,34)/t18-,19+,21-,23-/m0/s1. The lowest BCUT2D eigenvalue weighted by molar-refractivity contribution is -0.137. The normalized spacial score (nSPS) is 25.9. The Balaban J connectivity index is 1.20. The molecule has 190 valence electrons. The van der Waals surface area contributed by atoms with Crippen LogP contribution in [-0.4, -0.2) is 43.9 Å². The zero-order valence-corrected chi connectivity index (χ0v) is 20.2. The smallest absolute Gasteiger partial charge is 0.356 e. The van der Waals surface area contributed by atoms with Crippen LogP contribution in [0.3, 0.4) is 0 Å². The van der Waals surface area contributed by atoms with Gasteiger partial charge in [-0.2, -0.15) is 18.2 Å². The molecule has 1 aliphatic carbocycles. The number of anilines is 2. The summed E-state index contributed by atoms with van der Waals surface area (Å²) in [5.41, 5.74) is 1.21. The van der Waals surface area contributed by atoms with Crippen LogP contribution in [0.1, 0.15) is 60.7 Å². The van der Waals surface area contributed by atoms with Crippen LogP contribution in [0.15, 0.2) is 36.7 Å². The third-order valence-corrected chi connectivity index (χ3v) is 8.01. The van der Waals surface area contributed by atoms with E-state index in [4.69, 9.17) is 10.1 Å². The first-order chi connectivity index (χ1) is 17.3. The van der Waals surface area contributed by atoms with Crippen LogP contribution in [0.25, 0.3) is 0 Å². The Morgan fingerprint density at radius 2 is 1.72 bits per heavy atom. The van der Waals surface area contributed by atoms with E-state index in [0.29, 0.717) is 23.8 Å². The topological polar surface area (TPSA) is 71.8 Å². The van der Waals surface area contributed by atoms with Crippen molar-refractivity contribution in [2.75, 3.05) is 23.3 Å². The fraction of sp³-hybridized carbons (Fsp3) is 0.538. The van der Waals surface area contributed by atoms with Gasteiger partial charge in [0.15, 0.2) is 0 Å². The molecule has 0 amide bonds. The summed E-state index contributed by atoms with van der Waals surface area (Å²) in [5.74, 6) is 3.37. The number of fused-ring (bicyclic) bond motifs is 3. The number of nitrogens with zero attached hydrogens (tertiary/aromatic N) is 6. The van der Waals surface area contributed by atoms with Gasteiger partial charge >= 0.3 is 6.18 Å². The maximum atomic E-state index is 13.1. The highest BCUT2D eigenvalue weighted by atomic mass is 19.4. The fourth-order valence-corrected chi connectivity index (χ4v) is 6.20. The van der Waals surface area contributed by atoms with Gasteiger partial charge in [0.05, 0.1) is 5.56 Å². The number of piperidine rings is 1. The van der Waals surface area contributed by atoms with Crippen molar-refractivity contribution in [2.24, 2.45) is 11.8 Å². The number of benzene rings is 1. The Labute approximate surface area is 208 Å². The highest BCUT2D eigenvalue weighted by Crippen LogP contribution is 2.40. The number of aryl methyl sites for hydroxylation is 2. The number of hydrogen-bond acceptors (Lipinski definition) is 6. The molecule has 2 bridgehead atoms. The van der Waals surface area contributed by atoms with Crippen molar-refractivity contribution >= 4 is 11.8 Å². The lowest BCUT2D eigenvalue weighted by Crippen LogP contribution is -2.48. The maximum absolute atomic E-state index is 13.1. The summed E-state index contributed by atoms with van der Waals surface area (Å²) in [4.78, 5) is 16.0. The number of hydrogen-bond donors (Lipinski definition) is 1. The van der Waals surface area contributed by atoms with E-state index in [-0.39, 0.29) is 5.92 Å². The molecule has 1 saturated heterocycles. The van der Waals surface area contributed by atoms with Gasteiger partial charge in [-0.05, 0) is 62.1 Å². The van der Waals surface area contributed by atoms with Crippen molar-refractivity contribution in [1.29, 1.82) is 0 Å². The van der Waals surface area contributed by atoms with E-state index in [9.17, 15) is 13.2 Å². The van der Waals surface area contributed by atoms with Crippen molar-refractivity contribution in [2.45, 2.75) is 63.7 Å². The van der Waals surface area contributed by atoms with Gasteiger partial charge in [-0.3, -0.25) is 0 Å². The van der Waals surface area contributed by atoms with Gasteiger partial charge < -0.3 is 10.2 Å². The lowest BCUT2D eigenvalue weighted by Gasteiger charge is -2.38. The van der Waals surface area contributed by atoms with E-state index >= 15 is 0 Å². The van der Waals surface area contributed by atoms with Crippen LogP contribution in [-0.2, 0) is 12.7 Å². The summed E-state index contributed by atoms with van der Waals surface area (Å²) in [6, 6.07) is 7.88. The minimum absolute atomic E-state index is 0.0580. The Bertz CT molecular complexity index is 1210. The average molecular weight is 498 g/mol. The Kier molecular flexibility index (Phi) is 5.84. The number of halogens is 3. The molecule has 3 aromatic rings. The summed E-state index contributed by atoms with van der Waals surface area (Å²) in [6.45, 7) is 4.64. The Hall–Kier alpha value is -3.17. The van der Waals surface area contributed by atoms with Gasteiger partial charge in [-0.15, -0.1) is 5.10 Å². The first-order valence-corrected chi connectivity index (χ1v) is 12.8. The van der Waals surface area contributed by atoms with Gasteiger partial charge in [0.2, 0.25) is 5.95 Å². The molecule has 4 atom stereocenters. The van der Waals surface area contributed by atoms with Crippen LogP contribution in [0.4, 0.5) is 24.9 Å². The number of nitrogens with one attached hydrogen (secondary N) is 1. The van der Waals surface area contributed by atoms with Crippen LogP contribution in [0.5, 0.6) is 0 Å². The minimum atomic E-state index is -4.33. The molecule has 0 spiro atoms. The van der Waals surface area contributed by atoms with Crippen molar-refractivity contribution in [3.8, 4) is 0 Å². The second-order valence-electron chi connectivity index (χ2n) is 10.4. The Morgan fingerprint density at radius 1 is 0.972 bits per heavy atom. The predicted octanol–water partition coefficient (Wildman–Crippen LogP) is 5.04. The van der Waals surface area contributed by atoms with Gasteiger partial charge in [0.25, 0.3) is 0 Å². The van der Waals surface area contributed by atoms with Crippen LogP contribution < -0.4 is 10.2 Å². The fourth-order valence-electron chi connectivity index (χ4n) is 6.20. The van der Waals surface area contributed by atoms with Crippen molar-refractivity contribution < 1.29 is 13.2 Å². The molecule has 0 radical (unpaired) electrons. The molecule has 1 saturated carbocycles. The monoisotopic (exact) mass is 497 g/mol. The SMILES string of the molecule is Cc1cc(N2C[C@H]3CC[C@@H](C2)[C@@H]3Nc2nc3n(n2)CCCC[C@H]3c2ccc(C(F)(F)F)cc2)ncn1. The highest BCUT2D eigenvalue weighted by Gasteiger charge is 2.43. The first-order valence-electron chi connectivity index (χ1n) is 12.8. The number of alkyl halides is 3. The molecule has 3 aliphatic rings. The molecule has 7 nitrogen and oxygen atoms in total. The van der Waals surface area contributed by atoms with Gasteiger partial charge in [0, 0.05) is 43.4 Å². The second-order valence-corrected chi connectivity index (χ2v) is 10.4. The van der Waals surface area contributed by atoms with E-state index in [2.05, 4.69) is 20.2 Å². The molecule has 10 heteroatoms. The molecule has 1 N–H and O–H groups in total. The molecular weight excluding hydrogens is 467 g/mol. The van der Waals surface area contributed by atoms with E-state index in [0.717, 1.165) is 74.6 Å². The maximum Gasteiger partial charge on any atom is 0.416 e. The third kappa shape index (κ3) is 4.41. The van der Waals surface area contributed by atoms with E-state index in [1.54, 1.807) is 18.5 Å². The van der Waals surface area contributed by atoms with Gasteiger partial charge in [-0.25, -0.2) is 14.6 Å².